The molecule has 0 aromatic heterocycles. The number of rotatable bonds is 2. The van der Waals surface area contributed by atoms with Gasteiger partial charge in [0.05, 0.1) is 18.8 Å². The molecule has 1 N–H and O–H groups in total. The molecule has 92 valence electrons. The minimum Gasteiger partial charge on any atom is -0.493 e. The molecule has 0 aliphatic carbocycles. The fourth-order valence-electron chi connectivity index (χ4n) is 2.99. The standard InChI is InChI=1S/C14H19NO2/c1-3-16-13-6-4-5-10-11(13)8-17-14(2)9-15-7-12(10)14/h4-6,12,15H,3,7-9H2,1-2H3/t12-,14-/m0/s1. The van der Waals surface area contributed by atoms with Gasteiger partial charge in [0, 0.05) is 24.6 Å². The number of benzene rings is 1. The number of hydrogen-bond acceptors (Lipinski definition) is 3. The van der Waals surface area contributed by atoms with Crippen LogP contribution in [0.3, 0.4) is 0 Å². The molecule has 0 saturated carbocycles. The van der Waals surface area contributed by atoms with Crippen LogP contribution in [-0.2, 0) is 11.3 Å². The van der Waals surface area contributed by atoms with Crippen molar-refractivity contribution in [2.75, 3.05) is 19.7 Å². The van der Waals surface area contributed by atoms with Gasteiger partial charge in [-0.3, -0.25) is 0 Å². The lowest BCUT2D eigenvalue weighted by Crippen LogP contribution is -2.39. The first-order valence-corrected chi connectivity index (χ1v) is 6.34. The molecule has 2 aliphatic rings. The molecule has 0 unspecified atom stereocenters. The molecule has 1 aromatic carbocycles. The molecule has 2 atom stereocenters. The SMILES string of the molecule is CCOc1cccc2c1CO[C@@]1(C)CNC[C@@H]21. The maximum atomic E-state index is 6.06. The van der Waals surface area contributed by atoms with Crippen LogP contribution in [0.5, 0.6) is 5.75 Å². The molecule has 0 amide bonds. The first-order chi connectivity index (χ1) is 8.24. The van der Waals surface area contributed by atoms with Crippen LogP contribution in [0.2, 0.25) is 0 Å². The van der Waals surface area contributed by atoms with Crippen molar-refractivity contribution in [1.29, 1.82) is 0 Å². The molecular weight excluding hydrogens is 214 g/mol. The van der Waals surface area contributed by atoms with Crippen LogP contribution in [0, 0.1) is 0 Å². The second-order valence-electron chi connectivity index (χ2n) is 5.04. The predicted molar refractivity (Wildman–Crippen MR) is 66.4 cm³/mol. The summed E-state index contributed by atoms with van der Waals surface area (Å²) in [4.78, 5) is 0. The third-order valence-corrected chi connectivity index (χ3v) is 3.95. The van der Waals surface area contributed by atoms with E-state index in [4.69, 9.17) is 9.47 Å². The van der Waals surface area contributed by atoms with E-state index in [1.807, 2.05) is 13.0 Å². The molecule has 3 heteroatoms. The third kappa shape index (κ3) is 1.65. The fourth-order valence-corrected chi connectivity index (χ4v) is 2.99. The van der Waals surface area contributed by atoms with Gasteiger partial charge in [-0.05, 0) is 25.5 Å². The first kappa shape index (κ1) is 11.1. The van der Waals surface area contributed by atoms with Gasteiger partial charge in [-0.2, -0.15) is 0 Å². The Bertz CT molecular complexity index is 432. The predicted octanol–water partition coefficient (Wildman–Crippen LogP) is 2.06. The zero-order chi connectivity index (χ0) is 11.9. The van der Waals surface area contributed by atoms with Crippen LogP contribution < -0.4 is 10.1 Å². The van der Waals surface area contributed by atoms with Gasteiger partial charge in [0.15, 0.2) is 0 Å². The van der Waals surface area contributed by atoms with E-state index in [0.717, 1.165) is 18.8 Å². The molecular formula is C14H19NO2. The van der Waals surface area contributed by atoms with Crippen molar-refractivity contribution in [2.45, 2.75) is 32.0 Å². The van der Waals surface area contributed by atoms with Crippen molar-refractivity contribution in [3.05, 3.63) is 29.3 Å². The molecule has 3 nitrogen and oxygen atoms in total. The molecule has 17 heavy (non-hydrogen) atoms. The van der Waals surface area contributed by atoms with Crippen molar-refractivity contribution in [3.8, 4) is 5.75 Å². The Balaban J connectivity index is 2.04. The average Bonchev–Trinajstić information content (AvgIpc) is 2.72. The maximum Gasteiger partial charge on any atom is 0.125 e. The van der Waals surface area contributed by atoms with Gasteiger partial charge in [0.2, 0.25) is 0 Å². The van der Waals surface area contributed by atoms with E-state index in [0.29, 0.717) is 19.1 Å². The zero-order valence-corrected chi connectivity index (χ0v) is 10.5. The summed E-state index contributed by atoms with van der Waals surface area (Å²) in [5.74, 6) is 1.44. The maximum absolute atomic E-state index is 6.06. The lowest BCUT2D eigenvalue weighted by atomic mass is 9.81. The van der Waals surface area contributed by atoms with Gasteiger partial charge in [0.1, 0.15) is 5.75 Å². The van der Waals surface area contributed by atoms with E-state index in [-0.39, 0.29) is 5.60 Å². The van der Waals surface area contributed by atoms with Crippen molar-refractivity contribution in [2.24, 2.45) is 0 Å². The molecule has 2 aliphatic heterocycles. The van der Waals surface area contributed by atoms with E-state index in [1.54, 1.807) is 0 Å². The Morgan fingerprint density at radius 2 is 2.41 bits per heavy atom. The molecule has 1 aromatic rings. The van der Waals surface area contributed by atoms with Crippen LogP contribution >= 0.6 is 0 Å². The van der Waals surface area contributed by atoms with Gasteiger partial charge in [-0.15, -0.1) is 0 Å². The van der Waals surface area contributed by atoms with Crippen molar-refractivity contribution < 1.29 is 9.47 Å². The Morgan fingerprint density at radius 1 is 1.53 bits per heavy atom. The van der Waals surface area contributed by atoms with Crippen molar-refractivity contribution >= 4 is 0 Å². The summed E-state index contributed by atoms with van der Waals surface area (Å²) >= 11 is 0. The highest BCUT2D eigenvalue weighted by atomic mass is 16.5. The minimum absolute atomic E-state index is 0.0438. The smallest absolute Gasteiger partial charge is 0.125 e. The molecule has 0 spiro atoms. The van der Waals surface area contributed by atoms with Gasteiger partial charge >= 0.3 is 0 Å². The van der Waals surface area contributed by atoms with Crippen molar-refractivity contribution in [1.82, 2.24) is 5.32 Å². The second kappa shape index (κ2) is 4.00. The number of fused-ring (bicyclic) bond motifs is 3. The molecule has 3 rings (SSSR count). The molecule has 0 radical (unpaired) electrons. The van der Waals surface area contributed by atoms with Crippen LogP contribution in [-0.4, -0.2) is 25.3 Å². The van der Waals surface area contributed by atoms with E-state index in [1.165, 1.54) is 11.1 Å². The average molecular weight is 233 g/mol. The zero-order valence-electron chi connectivity index (χ0n) is 10.5. The topological polar surface area (TPSA) is 30.5 Å². The van der Waals surface area contributed by atoms with Gasteiger partial charge in [0.25, 0.3) is 0 Å². The normalized spacial score (nSPS) is 30.8. The number of ether oxygens (including phenoxy) is 2. The third-order valence-electron chi connectivity index (χ3n) is 3.95. The van der Waals surface area contributed by atoms with Crippen LogP contribution in [0.25, 0.3) is 0 Å². The summed E-state index contributed by atoms with van der Waals surface area (Å²) in [6.07, 6.45) is 0. The molecule has 0 bridgehead atoms. The van der Waals surface area contributed by atoms with Gasteiger partial charge in [-0.25, -0.2) is 0 Å². The Labute approximate surface area is 102 Å². The second-order valence-corrected chi connectivity index (χ2v) is 5.04. The Kier molecular flexibility index (Phi) is 2.60. The number of hydrogen-bond donors (Lipinski definition) is 1. The van der Waals surface area contributed by atoms with E-state index in [2.05, 4.69) is 24.4 Å². The van der Waals surface area contributed by atoms with E-state index < -0.39 is 0 Å². The summed E-state index contributed by atoms with van der Waals surface area (Å²) in [5, 5.41) is 3.43. The lowest BCUT2D eigenvalue weighted by molar-refractivity contribution is -0.0526. The monoisotopic (exact) mass is 233 g/mol. The molecule has 2 heterocycles. The lowest BCUT2D eigenvalue weighted by Gasteiger charge is -2.37. The minimum atomic E-state index is -0.0438. The number of nitrogens with one attached hydrogen (secondary N) is 1. The molecule has 1 saturated heterocycles. The Hall–Kier alpha value is -1.06. The quantitative estimate of drug-likeness (QED) is 0.848. The van der Waals surface area contributed by atoms with Crippen molar-refractivity contribution in [3.63, 3.8) is 0 Å². The summed E-state index contributed by atoms with van der Waals surface area (Å²) < 4.78 is 11.7. The first-order valence-electron chi connectivity index (χ1n) is 6.34. The van der Waals surface area contributed by atoms with E-state index >= 15 is 0 Å². The van der Waals surface area contributed by atoms with Crippen LogP contribution in [0.15, 0.2) is 18.2 Å². The summed E-state index contributed by atoms with van der Waals surface area (Å²) in [6, 6.07) is 6.35. The van der Waals surface area contributed by atoms with Crippen LogP contribution in [0.4, 0.5) is 0 Å². The highest BCUT2D eigenvalue weighted by Crippen LogP contribution is 2.43. The van der Waals surface area contributed by atoms with Gasteiger partial charge in [-0.1, -0.05) is 12.1 Å². The molecule has 1 fully saturated rings. The van der Waals surface area contributed by atoms with Crippen LogP contribution in [0.1, 0.15) is 30.9 Å². The highest BCUT2D eigenvalue weighted by Gasteiger charge is 2.45. The van der Waals surface area contributed by atoms with Gasteiger partial charge < -0.3 is 14.8 Å². The van der Waals surface area contributed by atoms with E-state index in [9.17, 15) is 0 Å². The summed E-state index contributed by atoms with van der Waals surface area (Å²) in [6.45, 7) is 7.53. The highest BCUT2D eigenvalue weighted by molar-refractivity contribution is 5.45. The fraction of sp³-hybridized carbons (Fsp3) is 0.571. The Morgan fingerprint density at radius 3 is 3.24 bits per heavy atom. The summed E-state index contributed by atoms with van der Waals surface area (Å²) in [7, 11) is 0. The summed E-state index contributed by atoms with van der Waals surface area (Å²) in [5.41, 5.74) is 2.59. The largest absolute Gasteiger partial charge is 0.493 e.